The Morgan fingerprint density at radius 3 is 2.67 bits per heavy atom. The van der Waals surface area contributed by atoms with Crippen molar-refractivity contribution in [2.75, 3.05) is 44.8 Å². The Bertz CT molecular complexity index is 1320. The van der Waals surface area contributed by atoms with Gasteiger partial charge in [0.25, 0.3) is 0 Å². The van der Waals surface area contributed by atoms with Crippen molar-refractivity contribution in [2.24, 2.45) is 5.41 Å². The molecule has 11 heteroatoms. The highest BCUT2D eigenvalue weighted by atomic mass is 35.5. The first-order valence-corrected chi connectivity index (χ1v) is 13.8. The quantitative estimate of drug-likeness (QED) is 0.167. The van der Waals surface area contributed by atoms with Crippen LogP contribution in [0.25, 0.3) is 17.0 Å². The summed E-state index contributed by atoms with van der Waals surface area (Å²) < 4.78 is 11.6. The number of ether oxygens (including phenoxy) is 2. The van der Waals surface area contributed by atoms with E-state index in [0.717, 1.165) is 37.3 Å². The van der Waals surface area contributed by atoms with Gasteiger partial charge in [-0.15, -0.1) is 0 Å². The number of rotatable bonds is 12. The molecule has 2 heterocycles. The summed E-state index contributed by atoms with van der Waals surface area (Å²) >= 11 is 6.62. The minimum atomic E-state index is -0.671. The van der Waals surface area contributed by atoms with E-state index in [9.17, 15) is 10.2 Å². The normalized spacial score (nSPS) is 17.5. The third kappa shape index (κ3) is 6.39. The Balaban J connectivity index is 1.65. The van der Waals surface area contributed by atoms with E-state index < -0.39 is 6.10 Å². The average molecular weight is 569 g/mol. The molecule has 10 nitrogen and oxygen atoms in total. The van der Waals surface area contributed by atoms with Crippen LogP contribution in [0, 0.1) is 29.1 Å². The van der Waals surface area contributed by atoms with Gasteiger partial charge in [0, 0.05) is 41.9 Å². The summed E-state index contributed by atoms with van der Waals surface area (Å²) in [4.78, 5) is 11.9. The molecule has 1 aromatic heterocycles. The highest BCUT2D eigenvalue weighted by Gasteiger charge is 2.53. The Hall–Kier alpha value is -3.23. The molecular weight excluding hydrogens is 532 g/mol. The number of aliphatic hydroxyl groups excluding tert-OH is 2. The lowest BCUT2D eigenvalue weighted by Gasteiger charge is -2.59. The number of aromatic nitrogens is 2. The molecule has 1 saturated heterocycles. The molecule has 1 spiro atoms. The lowest BCUT2D eigenvalue weighted by molar-refractivity contribution is -0.0914. The van der Waals surface area contributed by atoms with Gasteiger partial charge in [-0.25, -0.2) is 9.97 Å². The molecule has 40 heavy (non-hydrogen) atoms. The van der Waals surface area contributed by atoms with Crippen molar-refractivity contribution in [3.05, 3.63) is 40.2 Å². The maximum absolute atomic E-state index is 10.5. The fourth-order valence-electron chi connectivity index (χ4n) is 5.52. The van der Waals surface area contributed by atoms with Crippen molar-refractivity contribution >= 4 is 28.7 Å². The number of nitrogens with zero attached hydrogens (tertiary/aromatic N) is 4. The van der Waals surface area contributed by atoms with Crippen LogP contribution in [-0.4, -0.2) is 78.0 Å². The molecule has 2 aromatic rings. The fourth-order valence-corrected chi connectivity index (χ4v) is 5.72. The first-order valence-electron chi connectivity index (χ1n) is 13.4. The van der Waals surface area contributed by atoms with Crippen molar-refractivity contribution in [3.63, 3.8) is 0 Å². The van der Waals surface area contributed by atoms with Crippen LogP contribution in [0.5, 0.6) is 5.75 Å². The number of hydrogen-bond donors (Lipinski definition) is 4. The van der Waals surface area contributed by atoms with Crippen molar-refractivity contribution < 1.29 is 19.7 Å². The maximum atomic E-state index is 10.5. The van der Waals surface area contributed by atoms with Crippen LogP contribution in [-0.2, 0) is 4.74 Å². The maximum Gasteiger partial charge on any atom is 0.163 e. The molecule has 1 aromatic carbocycles. The number of anilines is 1. The number of allylic oxidation sites excluding steroid dienone is 2. The molecule has 0 amide bonds. The summed E-state index contributed by atoms with van der Waals surface area (Å²) in [5.41, 5.74) is 2.51. The van der Waals surface area contributed by atoms with Crippen molar-refractivity contribution in [3.8, 4) is 23.2 Å². The summed E-state index contributed by atoms with van der Waals surface area (Å²) in [6.07, 6.45) is 1.82. The molecule has 1 aliphatic carbocycles. The summed E-state index contributed by atoms with van der Waals surface area (Å²) in [6, 6.07) is 7.28. The topological polar surface area (TPSA) is 148 Å². The van der Waals surface area contributed by atoms with Gasteiger partial charge in [-0.2, -0.15) is 5.26 Å². The predicted molar refractivity (Wildman–Crippen MR) is 155 cm³/mol. The van der Waals surface area contributed by atoms with Crippen molar-refractivity contribution in [1.29, 1.82) is 10.7 Å². The number of benzene rings is 1. The third-order valence-electron chi connectivity index (χ3n) is 7.40. The van der Waals surface area contributed by atoms with Gasteiger partial charge in [0.15, 0.2) is 5.82 Å². The molecule has 1 saturated carbocycles. The number of halogens is 1. The molecule has 2 fully saturated rings. The molecule has 214 valence electrons. The van der Waals surface area contributed by atoms with Crippen LogP contribution in [0.2, 0.25) is 5.02 Å². The van der Waals surface area contributed by atoms with E-state index in [0.29, 0.717) is 53.0 Å². The van der Waals surface area contributed by atoms with Crippen LogP contribution in [0.1, 0.15) is 44.4 Å². The van der Waals surface area contributed by atoms with Crippen LogP contribution >= 0.6 is 11.6 Å². The number of hydrogen-bond acceptors (Lipinski definition) is 10. The summed E-state index contributed by atoms with van der Waals surface area (Å²) in [5, 5.41) is 40.9. The minimum absolute atomic E-state index is 0.00401. The molecular formula is C29H37ClN6O4. The summed E-state index contributed by atoms with van der Waals surface area (Å²) in [5.74, 6) is 1.60. The van der Waals surface area contributed by atoms with E-state index in [1.165, 1.54) is 0 Å². The van der Waals surface area contributed by atoms with Gasteiger partial charge in [0.2, 0.25) is 0 Å². The molecule has 2 aliphatic rings. The first kappa shape index (κ1) is 29.7. The van der Waals surface area contributed by atoms with E-state index in [-0.39, 0.29) is 29.6 Å². The largest absolute Gasteiger partial charge is 0.512 e. The monoisotopic (exact) mass is 568 g/mol. The zero-order valence-corrected chi connectivity index (χ0v) is 24.2. The molecule has 4 N–H and O–H groups in total. The second-order valence-electron chi connectivity index (χ2n) is 10.8. The zero-order valence-electron chi connectivity index (χ0n) is 23.4. The molecule has 0 radical (unpaired) electrons. The highest BCUT2D eigenvalue weighted by molar-refractivity contribution is 6.33. The van der Waals surface area contributed by atoms with Crippen LogP contribution in [0.4, 0.5) is 5.82 Å². The molecule has 0 bridgehead atoms. The second kappa shape index (κ2) is 12.5. The Morgan fingerprint density at radius 1 is 1.32 bits per heavy atom. The number of likely N-dealkylation sites (N-methyl/N-ethyl adjacent to an activating group) is 1. The molecule has 0 unspecified atom stereocenters. The standard InChI is InChI=1S/C29H37ClN6O4/c1-17-26(25(18(2)32)19(3)37)34-27(23-10-21(6-7-24(23)30)40-14-20(38)13-33-4)35-28(17)36-15-29(16-36)11-22(12-29)39-9-5-8-31/h6-7,10,20,22,32-33,37-38H,5,9,11-16H2,1-4H3/b25-19+,32-18?/t20-/m1/s1. The number of aliphatic hydroxyl groups is 2. The minimum Gasteiger partial charge on any atom is -0.512 e. The summed E-state index contributed by atoms with van der Waals surface area (Å²) in [7, 11) is 1.76. The summed E-state index contributed by atoms with van der Waals surface area (Å²) in [6.45, 7) is 7.66. The van der Waals surface area contributed by atoms with E-state index in [2.05, 4.69) is 16.3 Å². The zero-order chi connectivity index (χ0) is 29.0. The van der Waals surface area contributed by atoms with Gasteiger partial charge in [-0.1, -0.05) is 11.6 Å². The van der Waals surface area contributed by atoms with Crippen LogP contribution in [0.3, 0.4) is 0 Å². The highest BCUT2D eigenvalue weighted by Crippen LogP contribution is 2.51. The smallest absolute Gasteiger partial charge is 0.163 e. The van der Waals surface area contributed by atoms with Crippen molar-refractivity contribution in [2.45, 2.75) is 52.2 Å². The van der Waals surface area contributed by atoms with Crippen molar-refractivity contribution in [1.82, 2.24) is 15.3 Å². The second-order valence-corrected chi connectivity index (χ2v) is 11.2. The fraction of sp³-hybridized carbons (Fsp3) is 0.517. The third-order valence-corrected chi connectivity index (χ3v) is 7.73. The molecule has 4 rings (SSSR count). The first-order chi connectivity index (χ1) is 19.1. The van der Waals surface area contributed by atoms with Gasteiger partial charge < -0.3 is 35.3 Å². The molecule has 1 atom stereocenters. The predicted octanol–water partition coefficient (Wildman–Crippen LogP) is 4.29. The van der Waals surface area contributed by atoms with Gasteiger partial charge in [-0.3, -0.25) is 0 Å². The molecule has 1 aliphatic heterocycles. The van der Waals surface area contributed by atoms with Crippen LogP contribution in [0.15, 0.2) is 24.0 Å². The van der Waals surface area contributed by atoms with Crippen LogP contribution < -0.4 is 15.0 Å². The number of nitrogens with one attached hydrogen (secondary N) is 2. The van der Waals surface area contributed by atoms with E-state index >= 15 is 0 Å². The van der Waals surface area contributed by atoms with E-state index in [1.807, 2.05) is 6.92 Å². The number of nitriles is 1. The van der Waals surface area contributed by atoms with E-state index in [1.54, 1.807) is 39.1 Å². The Morgan fingerprint density at radius 2 is 2.05 bits per heavy atom. The Labute approximate surface area is 240 Å². The average Bonchev–Trinajstić information content (AvgIpc) is 2.85. The van der Waals surface area contributed by atoms with Gasteiger partial charge in [-0.05, 0) is 58.9 Å². The van der Waals surface area contributed by atoms with E-state index in [4.69, 9.17) is 41.7 Å². The van der Waals surface area contributed by atoms with Gasteiger partial charge >= 0.3 is 0 Å². The lowest BCUT2D eigenvalue weighted by atomic mass is 9.61. The SMILES string of the molecule is CNC[C@@H](O)COc1ccc(Cl)c(-c2nc(/C(C(C)=N)=C(\C)O)c(C)c(N3CC4(CC(OCCC#N)C4)C3)n2)c1. The van der Waals surface area contributed by atoms with Gasteiger partial charge in [0.05, 0.1) is 41.5 Å². The Kier molecular flexibility index (Phi) is 9.31. The lowest BCUT2D eigenvalue weighted by Crippen LogP contribution is -2.64. The van der Waals surface area contributed by atoms with Gasteiger partial charge in [0.1, 0.15) is 30.0 Å².